The van der Waals surface area contributed by atoms with Crippen LogP contribution in [0.4, 0.5) is 10.1 Å². The number of hydrogen-bond acceptors (Lipinski definition) is 2. The molecular weight excluding hydrogens is 295 g/mol. The maximum Gasteiger partial charge on any atom is 0.147 e. The Labute approximate surface area is 117 Å². The van der Waals surface area contributed by atoms with Crippen LogP contribution in [0, 0.1) is 5.82 Å². The molecule has 18 heavy (non-hydrogen) atoms. The lowest BCUT2D eigenvalue weighted by Gasteiger charge is -2.35. The number of benzene rings is 1. The van der Waals surface area contributed by atoms with E-state index in [2.05, 4.69) is 40.0 Å². The van der Waals surface area contributed by atoms with Gasteiger partial charge < -0.3 is 10.2 Å². The van der Waals surface area contributed by atoms with Gasteiger partial charge in [-0.05, 0) is 44.9 Å². The van der Waals surface area contributed by atoms with E-state index in [0.717, 1.165) is 30.4 Å². The number of nitrogens with one attached hydrogen (secondary N) is 1. The second kappa shape index (κ2) is 6.02. The minimum atomic E-state index is -0.185. The topological polar surface area (TPSA) is 15.3 Å². The minimum absolute atomic E-state index is 0.185. The molecule has 1 fully saturated rings. The number of hydrogen-bond donors (Lipinski definition) is 1. The van der Waals surface area contributed by atoms with Crippen molar-refractivity contribution in [2.45, 2.75) is 38.8 Å². The quantitative estimate of drug-likeness (QED) is 0.911. The standard InChI is InChI=1S/C14H20BrFN2/c1-10(2)18-7-5-12(6-8-18)17-14-4-3-11(15)9-13(14)16/h3-4,9-10,12,17H,5-8H2,1-2H3. The highest BCUT2D eigenvalue weighted by atomic mass is 79.9. The van der Waals surface area contributed by atoms with E-state index in [1.54, 1.807) is 6.07 Å². The van der Waals surface area contributed by atoms with E-state index in [1.165, 1.54) is 6.07 Å². The van der Waals surface area contributed by atoms with E-state index in [0.29, 0.717) is 17.8 Å². The maximum atomic E-state index is 13.7. The normalized spacial score (nSPS) is 18.3. The van der Waals surface area contributed by atoms with Crippen LogP contribution in [-0.4, -0.2) is 30.1 Å². The number of rotatable bonds is 3. The Hall–Kier alpha value is -0.610. The Morgan fingerprint density at radius 3 is 2.56 bits per heavy atom. The minimum Gasteiger partial charge on any atom is -0.380 e. The van der Waals surface area contributed by atoms with Gasteiger partial charge in [0.15, 0.2) is 0 Å². The third kappa shape index (κ3) is 3.45. The van der Waals surface area contributed by atoms with Crippen LogP contribution < -0.4 is 5.32 Å². The van der Waals surface area contributed by atoms with Gasteiger partial charge in [-0.2, -0.15) is 0 Å². The molecule has 4 heteroatoms. The smallest absolute Gasteiger partial charge is 0.147 e. The largest absolute Gasteiger partial charge is 0.380 e. The van der Waals surface area contributed by atoms with Crippen molar-refractivity contribution in [3.05, 3.63) is 28.5 Å². The summed E-state index contributed by atoms with van der Waals surface area (Å²) in [7, 11) is 0. The molecule has 0 spiro atoms. The highest BCUT2D eigenvalue weighted by Crippen LogP contribution is 2.23. The van der Waals surface area contributed by atoms with Crippen molar-refractivity contribution in [1.82, 2.24) is 4.90 Å². The fourth-order valence-electron chi connectivity index (χ4n) is 2.39. The first-order valence-electron chi connectivity index (χ1n) is 6.52. The van der Waals surface area contributed by atoms with Crippen LogP contribution in [0.5, 0.6) is 0 Å². The van der Waals surface area contributed by atoms with E-state index in [1.807, 2.05) is 6.07 Å². The van der Waals surface area contributed by atoms with Crippen molar-refractivity contribution in [2.24, 2.45) is 0 Å². The summed E-state index contributed by atoms with van der Waals surface area (Å²) in [6.07, 6.45) is 2.15. The average Bonchev–Trinajstić information content (AvgIpc) is 2.33. The molecule has 0 amide bonds. The van der Waals surface area contributed by atoms with Crippen LogP contribution in [0.3, 0.4) is 0 Å². The van der Waals surface area contributed by atoms with Gasteiger partial charge in [0, 0.05) is 29.6 Å². The first-order valence-corrected chi connectivity index (χ1v) is 7.31. The van der Waals surface area contributed by atoms with Gasteiger partial charge in [-0.15, -0.1) is 0 Å². The van der Waals surface area contributed by atoms with Crippen molar-refractivity contribution >= 4 is 21.6 Å². The second-order valence-corrected chi connectivity index (χ2v) is 6.09. The van der Waals surface area contributed by atoms with Crippen LogP contribution in [0.2, 0.25) is 0 Å². The summed E-state index contributed by atoms with van der Waals surface area (Å²) in [6.45, 7) is 6.63. The molecule has 1 heterocycles. The molecule has 0 unspecified atom stereocenters. The molecule has 0 aliphatic carbocycles. The lowest BCUT2D eigenvalue weighted by Crippen LogP contribution is -2.42. The van der Waals surface area contributed by atoms with Crippen molar-refractivity contribution in [3.63, 3.8) is 0 Å². The number of anilines is 1. The van der Waals surface area contributed by atoms with Crippen LogP contribution >= 0.6 is 15.9 Å². The molecule has 2 rings (SSSR count). The van der Waals surface area contributed by atoms with Gasteiger partial charge in [0.05, 0.1) is 5.69 Å². The molecule has 100 valence electrons. The van der Waals surface area contributed by atoms with Gasteiger partial charge in [-0.3, -0.25) is 0 Å². The third-order valence-corrected chi connectivity index (χ3v) is 4.04. The van der Waals surface area contributed by atoms with Crippen LogP contribution in [0.1, 0.15) is 26.7 Å². The predicted octanol–water partition coefficient (Wildman–Crippen LogP) is 3.87. The molecule has 1 aliphatic rings. The zero-order chi connectivity index (χ0) is 13.1. The Morgan fingerprint density at radius 1 is 1.33 bits per heavy atom. The Morgan fingerprint density at radius 2 is 2.00 bits per heavy atom. The highest BCUT2D eigenvalue weighted by Gasteiger charge is 2.21. The molecule has 1 aliphatic heterocycles. The first kappa shape index (κ1) is 13.8. The van der Waals surface area contributed by atoms with Gasteiger partial charge in [-0.1, -0.05) is 15.9 Å². The first-order chi connectivity index (χ1) is 8.56. The number of halogens is 2. The SMILES string of the molecule is CC(C)N1CCC(Nc2ccc(Br)cc2F)CC1. The molecular formula is C14H20BrFN2. The van der Waals surface area contributed by atoms with E-state index < -0.39 is 0 Å². The lowest BCUT2D eigenvalue weighted by molar-refractivity contribution is 0.177. The van der Waals surface area contributed by atoms with Gasteiger partial charge >= 0.3 is 0 Å². The Balaban J connectivity index is 1.91. The van der Waals surface area contributed by atoms with Gasteiger partial charge in [-0.25, -0.2) is 4.39 Å². The van der Waals surface area contributed by atoms with Crippen molar-refractivity contribution in [3.8, 4) is 0 Å². The monoisotopic (exact) mass is 314 g/mol. The third-order valence-electron chi connectivity index (χ3n) is 3.55. The van der Waals surface area contributed by atoms with Crippen molar-refractivity contribution in [2.75, 3.05) is 18.4 Å². The number of nitrogens with zero attached hydrogens (tertiary/aromatic N) is 1. The molecule has 0 atom stereocenters. The van der Waals surface area contributed by atoms with E-state index in [4.69, 9.17) is 0 Å². The van der Waals surface area contributed by atoms with Crippen LogP contribution in [0.25, 0.3) is 0 Å². The zero-order valence-electron chi connectivity index (χ0n) is 10.9. The fourth-order valence-corrected chi connectivity index (χ4v) is 2.72. The molecule has 0 aromatic heterocycles. The molecule has 1 aromatic rings. The zero-order valence-corrected chi connectivity index (χ0v) is 12.5. The molecule has 0 radical (unpaired) electrons. The molecule has 1 N–H and O–H groups in total. The van der Waals surface area contributed by atoms with E-state index >= 15 is 0 Å². The van der Waals surface area contributed by atoms with E-state index in [9.17, 15) is 4.39 Å². The van der Waals surface area contributed by atoms with Gasteiger partial charge in [0.25, 0.3) is 0 Å². The van der Waals surface area contributed by atoms with Crippen LogP contribution in [-0.2, 0) is 0 Å². The fraction of sp³-hybridized carbons (Fsp3) is 0.571. The van der Waals surface area contributed by atoms with Crippen molar-refractivity contribution in [1.29, 1.82) is 0 Å². The van der Waals surface area contributed by atoms with E-state index in [-0.39, 0.29) is 5.82 Å². The Kier molecular flexibility index (Phi) is 4.62. The molecule has 0 saturated carbocycles. The molecule has 2 nitrogen and oxygen atoms in total. The van der Waals surface area contributed by atoms with Crippen LogP contribution in [0.15, 0.2) is 22.7 Å². The van der Waals surface area contributed by atoms with Gasteiger partial charge in [0.1, 0.15) is 5.82 Å². The molecule has 0 bridgehead atoms. The number of likely N-dealkylation sites (tertiary alicyclic amines) is 1. The second-order valence-electron chi connectivity index (χ2n) is 5.17. The lowest BCUT2D eigenvalue weighted by atomic mass is 10.0. The van der Waals surface area contributed by atoms with Gasteiger partial charge in [0.2, 0.25) is 0 Å². The highest BCUT2D eigenvalue weighted by molar-refractivity contribution is 9.10. The predicted molar refractivity (Wildman–Crippen MR) is 77.5 cm³/mol. The molecule has 1 aromatic carbocycles. The molecule has 1 saturated heterocycles. The Bertz CT molecular complexity index is 401. The average molecular weight is 315 g/mol. The summed E-state index contributed by atoms with van der Waals surface area (Å²) < 4.78 is 14.5. The summed E-state index contributed by atoms with van der Waals surface area (Å²) in [6, 6.07) is 6.17. The summed E-state index contributed by atoms with van der Waals surface area (Å²) in [5.74, 6) is -0.185. The maximum absolute atomic E-state index is 13.7. The summed E-state index contributed by atoms with van der Waals surface area (Å²) in [5.41, 5.74) is 0.612. The summed E-state index contributed by atoms with van der Waals surface area (Å²) >= 11 is 3.27. The number of piperidine rings is 1. The summed E-state index contributed by atoms with van der Waals surface area (Å²) in [5, 5.41) is 3.31. The summed E-state index contributed by atoms with van der Waals surface area (Å²) in [4.78, 5) is 2.47. The van der Waals surface area contributed by atoms with Crippen molar-refractivity contribution < 1.29 is 4.39 Å².